The maximum atomic E-state index is 12.0. The molecule has 0 aromatic heterocycles. The molecule has 0 heterocycles. The number of rotatable bonds is 7. The molecule has 0 saturated carbocycles. The highest BCUT2D eigenvalue weighted by atomic mass is 16.5. The van der Waals surface area contributed by atoms with Gasteiger partial charge in [0.25, 0.3) is 0 Å². The lowest BCUT2D eigenvalue weighted by atomic mass is 9.81. The van der Waals surface area contributed by atoms with E-state index in [0.717, 1.165) is 5.56 Å². The van der Waals surface area contributed by atoms with E-state index in [1.165, 1.54) is 0 Å². The third-order valence-corrected chi connectivity index (χ3v) is 2.95. The van der Waals surface area contributed by atoms with E-state index in [9.17, 15) is 9.90 Å². The number of ether oxygens (including phenoxy) is 1. The molecule has 19 heavy (non-hydrogen) atoms. The number of aliphatic hydroxyl groups is 2. The molecule has 0 fully saturated rings. The summed E-state index contributed by atoms with van der Waals surface area (Å²) in [4.78, 5) is 12.0. The minimum atomic E-state index is -1.10. The van der Waals surface area contributed by atoms with Crippen LogP contribution in [0.2, 0.25) is 0 Å². The normalized spacial score (nSPS) is 13.1. The Hall–Kier alpha value is -1.39. The molecule has 0 radical (unpaired) electrons. The number of carbonyl (C=O) groups excluding carboxylic acids is 1. The highest BCUT2D eigenvalue weighted by Gasteiger charge is 2.33. The van der Waals surface area contributed by atoms with Crippen molar-refractivity contribution in [1.82, 2.24) is 0 Å². The van der Waals surface area contributed by atoms with Gasteiger partial charge in [0.05, 0.1) is 18.1 Å². The fourth-order valence-corrected chi connectivity index (χ4v) is 2.11. The van der Waals surface area contributed by atoms with Gasteiger partial charge < -0.3 is 14.9 Å². The Morgan fingerprint density at radius 1 is 1.32 bits per heavy atom. The molecule has 1 unspecified atom stereocenters. The Morgan fingerprint density at radius 2 is 1.89 bits per heavy atom. The number of hydrogen-bond donors (Lipinski definition) is 2. The van der Waals surface area contributed by atoms with Crippen molar-refractivity contribution in [2.75, 3.05) is 13.2 Å². The minimum Gasteiger partial charge on any atom is -0.491 e. The minimum absolute atomic E-state index is 0.0107. The third-order valence-electron chi connectivity index (χ3n) is 2.95. The van der Waals surface area contributed by atoms with Crippen molar-refractivity contribution in [3.63, 3.8) is 0 Å². The van der Waals surface area contributed by atoms with Gasteiger partial charge in [0.15, 0.2) is 0 Å². The molecular formula is C15H22O4. The van der Waals surface area contributed by atoms with E-state index >= 15 is 0 Å². The van der Waals surface area contributed by atoms with Gasteiger partial charge in [-0.2, -0.15) is 0 Å². The van der Waals surface area contributed by atoms with Gasteiger partial charge in [-0.05, 0) is 31.5 Å². The van der Waals surface area contributed by atoms with E-state index in [1.54, 1.807) is 45.0 Å². The van der Waals surface area contributed by atoms with Crippen molar-refractivity contribution >= 4 is 5.78 Å². The van der Waals surface area contributed by atoms with Crippen molar-refractivity contribution in [1.29, 1.82) is 0 Å². The zero-order valence-electron chi connectivity index (χ0n) is 11.7. The molecule has 0 saturated heterocycles. The second-order valence-corrected chi connectivity index (χ2v) is 5.05. The molecule has 4 nitrogen and oxygen atoms in total. The van der Waals surface area contributed by atoms with Crippen LogP contribution in [0.4, 0.5) is 0 Å². The summed E-state index contributed by atoms with van der Waals surface area (Å²) >= 11 is 0. The molecule has 1 rings (SSSR count). The second-order valence-electron chi connectivity index (χ2n) is 5.05. The van der Waals surface area contributed by atoms with Crippen LogP contribution >= 0.6 is 0 Å². The number of hydrogen-bond acceptors (Lipinski definition) is 4. The van der Waals surface area contributed by atoms with Crippen molar-refractivity contribution in [3.8, 4) is 5.75 Å². The Morgan fingerprint density at radius 3 is 2.32 bits per heavy atom. The van der Waals surface area contributed by atoms with E-state index in [4.69, 9.17) is 9.84 Å². The molecule has 0 spiro atoms. The van der Waals surface area contributed by atoms with Crippen molar-refractivity contribution < 1.29 is 19.7 Å². The number of carbonyl (C=O) groups is 1. The summed E-state index contributed by atoms with van der Waals surface area (Å²) < 4.78 is 5.26. The van der Waals surface area contributed by atoms with Crippen molar-refractivity contribution in [2.45, 2.75) is 38.7 Å². The first-order chi connectivity index (χ1) is 8.90. The Bertz CT molecular complexity index is 403. The fraction of sp³-hybridized carbons (Fsp3) is 0.533. The summed E-state index contributed by atoms with van der Waals surface area (Å²) in [5.74, 6) is 0.108. The van der Waals surface area contributed by atoms with E-state index < -0.39 is 11.5 Å². The van der Waals surface area contributed by atoms with Gasteiger partial charge in [0.2, 0.25) is 0 Å². The molecule has 1 atom stereocenters. The zero-order chi connectivity index (χ0) is 14.5. The molecule has 0 amide bonds. The largest absolute Gasteiger partial charge is 0.491 e. The Balaban J connectivity index is 2.95. The smallest absolute Gasteiger partial charge is 0.142 e. The predicted octanol–water partition coefficient (Wildman–Crippen LogP) is 1.89. The van der Waals surface area contributed by atoms with Gasteiger partial charge in [0.1, 0.15) is 18.1 Å². The molecular weight excluding hydrogens is 244 g/mol. The van der Waals surface area contributed by atoms with Crippen molar-refractivity contribution in [2.24, 2.45) is 0 Å². The van der Waals surface area contributed by atoms with Crippen LogP contribution in [0, 0.1) is 0 Å². The molecule has 1 aromatic rings. The summed E-state index contributed by atoms with van der Waals surface area (Å²) in [6, 6.07) is 7.05. The summed E-state index contributed by atoms with van der Waals surface area (Å²) in [7, 11) is 0. The molecule has 0 aliphatic heterocycles. The quantitative estimate of drug-likeness (QED) is 0.791. The topological polar surface area (TPSA) is 66.8 Å². The van der Waals surface area contributed by atoms with E-state index in [0.29, 0.717) is 12.2 Å². The number of benzene rings is 1. The van der Waals surface area contributed by atoms with Gasteiger partial charge in [-0.3, -0.25) is 4.79 Å². The average Bonchev–Trinajstić information content (AvgIpc) is 2.36. The first-order valence-corrected chi connectivity index (χ1v) is 6.48. The van der Waals surface area contributed by atoms with Crippen LogP contribution in [0.25, 0.3) is 0 Å². The fourth-order valence-electron chi connectivity index (χ4n) is 2.11. The first-order valence-electron chi connectivity index (χ1n) is 6.48. The van der Waals surface area contributed by atoms with Gasteiger partial charge in [0, 0.05) is 6.42 Å². The molecule has 1 aromatic carbocycles. The SMILES string of the molecule is CCC(=O)C(c1ccc(OCCO)cc1)C(C)(C)O. The van der Waals surface area contributed by atoms with Crippen LogP contribution in [0.1, 0.15) is 38.7 Å². The standard InChI is InChI=1S/C15H22O4/c1-4-13(17)14(15(2,3)18)11-5-7-12(8-6-11)19-10-9-16/h5-8,14,16,18H,4,9-10H2,1-3H3. The van der Waals surface area contributed by atoms with Crippen LogP contribution in [0.5, 0.6) is 5.75 Å². The number of Topliss-reactive ketones (excluding diaryl/α,β-unsaturated/α-hetero) is 1. The number of aliphatic hydroxyl groups excluding tert-OH is 1. The predicted molar refractivity (Wildman–Crippen MR) is 73.4 cm³/mol. The lowest BCUT2D eigenvalue weighted by Crippen LogP contribution is -2.34. The lowest BCUT2D eigenvalue weighted by Gasteiger charge is -2.28. The number of ketones is 1. The van der Waals surface area contributed by atoms with Crippen LogP contribution in [0.15, 0.2) is 24.3 Å². The molecule has 106 valence electrons. The summed E-state index contributed by atoms with van der Waals surface area (Å²) in [6.07, 6.45) is 0.386. The molecule has 4 heteroatoms. The monoisotopic (exact) mass is 266 g/mol. The summed E-state index contributed by atoms with van der Waals surface area (Å²) in [5, 5.41) is 18.8. The highest BCUT2D eigenvalue weighted by Crippen LogP contribution is 2.31. The van der Waals surface area contributed by atoms with Crippen molar-refractivity contribution in [3.05, 3.63) is 29.8 Å². The van der Waals surface area contributed by atoms with E-state index in [1.807, 2.05) is 0 Å². The Kier molecular flexibility index (Phi) is 5.51. The Labute approximate surface area is 114 Å². The van der Waals surface area contributed by atoms with Crippen LogP contribution < -0.4 is 4.74 Å². The van der Waals surface area contributed by atoms with Crippen LogP contribution in [-0.2, 0) is 4.79 Å². The third kappa shape index (κ3) is 4.33. The van der Waals surface area contributed by atoms with Gasteiger partial charge in [-0.25, -0.2) is 0 Å². The van der Waals surface area contributed by atoms with Crippen LogP contribution in [0.3, 0.4) is 0 Å². The first kappa shape index (κ1) is 15.7. The van der Waals surface area contributed by atoms with Gasteiger partial charge >= 0.3 is 0 Å². The summed E-state index contributed by atoms with van der Waals surface area (Å²) in [6.45, 7) is 5.27. The van der Waals surface area contributed by atoms with Gasteiger partial charge in [-0.1, -0.05) is 19.1 Å². The second kappa shape index (κ2) is 6.68. The highest BCUT2D eigenvalue weighted by molar-refractivity contribution is 5.86. The van der Waals surface area contributed by atoms with Crippen LogP contribution in [-0.4, -0.2) is 34.8 Å². The van der Waals surface area contributed by atoms with E-state index in [2.05, 4.69) is 0 Å². The average molecular weight is 266 g/mol. The molecule has 0 aliphatic carbocycles. The lowest BCUT2D eigenvalue weighted by molar-refractivity contribution is -0.125. The maximum absolute atomic E-state index is 12.0. The molecule has 0 aliphatic rings. The molecule has 2 N–H and O–H groups in total. The maximum Gasteiger partial charge on any atom is 0.142 e. The summed E-state index contributed by atoms with van der Waals surface area (Å²) in [5.41, 5.74) is -0.323. The van der Waals surface area contributed by atoms with E-state index in [-0.39, 0.29) is 19.0 Å². The van der Waals surface area contributed by atoms with Gasteiger partial charge in [-0.15, -0.1) is 0 Å². The molecule has 0 bridgehead atoms. The zero-order valence-corrected chi connectivity index (χ0v) is 11.7.